The lowest BCUT2D eigenvalue weighted by Gasteiger charge is -2.12. The average molecular weight is 493 g/mol. The van der Waals surface area contributed by atoms with Gasteiger partial charge in [-0.05, 0) is 53.4 Å². The fourth-order valence-electron chi connectivity index (χ4n) is 3.42. The number of hydrogen-bond donors (Lipinski definition) is 0. The molecule has 0 saturated carbocycles. The lowest BCUT2D eigenvalue weighted by Crippen LogP contribution is -2.23. The van der Waals surface area contributed by atoms with Gasteiger partial charge in [0.15, 0.2) is 5.16 Å². The zero-order chi connectivity index (χ0) is 23.5. The number of ether oxygens (including phenoxy) is 2. The molecule has 0 bridgehead atoms. The molecule has 0 radical (unpaired) electrons. The first-order valence-corrected chi connectivity index (χ1v) is 12.2. The molecule has 0 N–H and O–H groups in total. The molecule has 10 heteroatoms. The van der Waals surface area contributed by atoms with Gasteiger partial charge in [-0.2, -0.15) is 4.98 Å². The maximum Gasteiger partial charge on any atom is 0.272 e. The largest absolute Gasteiger partial charge is 0.497 e. The van der Waals surface area contributed by atoms with Crippen LogP contribution in [0.1, 0.15) is 11.5 Å². The Morgan fingerprint density at radius 1 is 1.03 bits per heavy atom. The summed E-state index contributed by atoms with van der Waals surface area (Å²) in [7, 11) is 3.24. The van der Waals surface area contributed by atoms with E-state index < -0.39 is 0 Å². The number of hydrogen-bond acceptors (Lipinski definition) is 9. The van der Waals surface area contributed by atoms with Crippen molar-refractivity contribution in [1.29, 1.82) is 0 Å². The van der Waals surface area contributed by atoms with Crippen molar-refractivity contribution < 1.29 is 14.0 Å². The van der Waals surface area contributed by atoms with Gasteiger partial charge < -0.3 is 14.0 Å². The van der Waals surface area contributed by atoms with Crippen LogP contribution in [0.25, 0.3) is 21.6 Å². The van der Waals surface area contributed by atoms with Crippen molar-refractivity contribution in [3.05, 3.63) is 81.8 Å². The second kappa shape index (κ2) is 9.70. The summed E-state index contributed by atoms with van der Waals surface area (Å²) < 4.78 is 18.3. The van der Waals surface area contributed by atoms with Crippen LogP contribution >= 0.6 is 23.1 Å². The van der Waals surface area contributed by atoms with Gasteiger partial charge in [-0.25, -0.2) is 4.98 Å². The molecule has 5 rings (SSSR count). The van der Waals surface area contributed by atoms with Crippen molar-refractivity contribution in [2.45, 2.75) is 17.5 Å². The highest BCUT2D eigenvalue weighted by Gasteiger charge is 2.16. The van der Waals surface area contributed by atoms with E-state index in [1.54, 1.807) is 18.8 Å². The molecule has 0 aliphatic carbocycles. The number of rotatable bonds is 8. The summed E-state index contributed by atoms with van der Waals surface area (Å²) in [6, 6.07) is 16.9. The summed E-state index contributed by atoms with van der Waals surface area (Å²) in [5, 5.41) is 6.54. The molecule has 0 unspecified atom stereocenters. The topological polar surface area (TPSA) is 92.3 Å². The predicted molar refractivity (Wildman–Crippen MR) is 132 cm³/mol. The Bertz CT molecular complexity index is 1490. The van der Waals surface area contributed by atoms with Gasteiger partial charge in [-0.15, -0.1) is 11.3 Å². The van der Waals surface area contributed by atoms with Gasteiger partial charge in [0.1, 0.15) is 16.2 Å². The van der Waals surface area contributed by atoms with E-state index >= 15 is 0 Å². The normalized spacial score (nSPS) is 11.1. The van der Waals surface area contributed by atoms with Crippen LogP contribution < -0.4 is 15.0 Å². The van der Waals surface area contributed by atoms with Gasteiger partial charge >= 0.3 is 0 Å². The molecule has 34 heavy (non-hydrogen) atoms. The van der Waals surface area contributed by atoms with Gasteiger partial charge in [0.2, 0.25) is 11.7 Å². The number of thioether (sulfide) groups is 1. The number of fused-ring (bicyclic) bond motifs is 1. The molecule has 8 nitrogen and oxygen atoms in total. The van der Waals surface area contributed by atoms with Crippen LogP contribution in [-0.4, -0.2) is 33.9 Å². The van der Waals surface area contributed by atoms with Crippen LogP contribution in [0.15, 0.2) is 74.5 Å². The Morgan fingerprint density at radius 3 is 2.65 bits per heavy atom. The van der Waals surface area contributed by atoms with Crippen molar-refractivity contribution in [2.24, 2.45) is 0 Å². The van der Waals surface area contributed by atoms with Gasteiger partial charge in [0.05, 0.1) is 32.0 Å². The standard InChI is InChI=1S/C24H20N4O4S2/c1-30-17-8-6-16(7-9-17)22-26-20(32-27-22)14-34-24-25-19-10-11-33-21(19)23(29)28(24)13-15-4-3-5-18(12-15)31-2/h3-12H,13-14H2,1-2H3. The Balaban J connectivity index is 1.41. The minimum absolute atomic E-state index is 0.0743. The zero-order valence-corrected chi connectivity index (χ0v) is 20.1. The van der Waals surface area contributed by atoms with Crippen molar-refractivity contribution in [3.8, 4) is 22.9 Å². The first-order chi connectivity index (χ1) is 16.6. The van der Waals surface area contributed by atoms with Crippen LogP contribution in [0.3, 0.4) is 0 Å². The van der Waals surface area contributed by atoms with Crippen molar-refractivity contribution >= 4 is 33.3 Å². The summed E-state index contributed by atoms with van der Waals surface area (Å²) >= 11 is 2.78. The maximum atomic E-state index is 13.2. The van der Waals surface area contributed by atoms with E-state index in [-0.39, 0.29) is 5.56 Å². The minimum atomic E-state index is -0.0743. The number of nitrogens with zero attached hydrogens (tertiary/aromatic N) is 4. The summed E-state index contributed by atoms with van der Waals surface area (Å²) in [5.74, 6) is 2.81. The molecule has 0 atom stereocenters. The molecule has 0 amide bonds. The van der Waals surface area contributed by atoms with Crippen LogP contribution in [0, 0.1) is 0 Å². The fraction of sp³-hybridized carbons (Fsp3) is 0.167. The highest BCUT2D eigenvalue weighted by Crippen LogP contribution is 2.26. The van der Waals surface area contributed by atoms with Crippen molar-refractivity contribution in [2.75, 3.05) is 14.2 Å². The number of thiophene rings is 1. The van der Waals surface area contributed by atoms with Gasteiger partial charge in [-0.1, -0.05) is 29.1 Å². The van der Waals surface area contributed by atoms with Gasteiger partial charge in [0.25, 0.3) is 5.56 Å². The smallest absolute Gasteiger partial charge is 0.272 e. The second-order valence-corrected chi connectivity index (χ2v) is 9.16. The molecular weight excluding hydrogens is 472 g/mol. The van der Waals surface area contributed by atoms with E-state index in [9.17, 15) is 4.79 Å². The molecule has 172 valence electrons. The average Bonchev–Trinajstić information content (AvgIpc) is 3.55. The van der Waals surface area contributed by atoms with Crippen LogP contribution in [0.5, 0.6) is 11.5 Å². The lowest BCUT2D eigenvalue weighted by atomic mass is 10.2. The predicted octanol–water partition coefficient (Wildman–Crippen LogP) is 4.87. The zero-order valence-electron chi connectivity index (χ0n) is 18.4. The molecule has 0 aliphatic heterocycles. The third-order valence-electron chi connectivity index (χ3n) is 5.15. The summed E-state index contributed by atoms with van der Waals surface area (Å²) in [6.07, 6.45) is 0. The van der Waals surface area contributed by atoms with E-state index in [1.165, 1.54) is 23.1 Å². The van der Waals surface area contributed by atoms with E-state index in [0.29, 0.717) is 39.4 Å². The molecule has 0 saturated heterocycles. The summed E-state index contributed by atoms with van der Waals surface area (Å²) in [4.78, 5) is 22.5. The molecule has 3 heterocycles. The first kappa shape index (κ1) is 22.2. The van der Waals surface area contributed by atoms with E-state index in [0.717, 1.165) is 22.6 Å². The first-order valence-electron chi connectivity index (χ1n) is 10.4. The Hall–Kier alpha value is -3.63. The molecule has 2 aromatic carbocycles. The summed E-state index contributed by atoms with van der Waals surface area (Å²) in [6.45, 7) is 0.375. The number of methoxy groups -OCH3 is 2. The van der Waals surface area contributed by atoms with Gasteiger partial charge in [-0.3, -0.25) is 9.36 Å². The molecule has 5 aromatic rings. The fourth-order valence-corrected chi connectivity index (χ4v) is 5.04. The van der Waals surface area contributed by atoms with Crippen LogP contribution in [0.4, 0.5) is 0 Å². The van der Waals surface area contributed by atoms with Crippen molar-refractivity contribution in [3.63, 3.8) is 0 Å². The lowest BCUT2D eigenvalue weighted by molar-refractivity contribution is 0.391. The highest BCUT2D eigenvalue weighted by atomic mass is 32.2. The Labute approximate surface area is 203 Å². The van der Waals surface area contributed by atoms with E-state index in [1.807, 2.05) is 60.0 Å². The monoisotopic (exact) mass is 492 g/mol. The van der Waals surface area contributed by atoms with E-state index in [2.05, 4.69) is 10.1 Å². The molecule has 0 fully saturated rings. The summed E-state index contributed by atoms with van der Waals surface area (Å²) in [5.41, 5.74) is 2.38. The third-order valence-corrected chi connectivity index (χ3v) is 7.00. The number of aromatic nitrogens is 4. The SMILES string of the molecule is COc1ccc(-c2noc(CSc3nc4ccsc4c(=O)n3Cc3cccc(OC)c3)n2)cc1. The highest BCUT2D eigenvalue weighted by molar-refractivity contribution is 7.98. The quantitative estimate of drug-likeness (QED) is 0.224. The Kier molecular flexibility index (Phi) is 6.33. The third kappa shape index (κ3) is 4.55. The Morgan fingerprint density at radius 2 is 1.85 bits per heavy atom. The molecule has 0 spiro atoms. The van der Waals surface area contributed by atoms with Crippen molar-refractivity contribution in [1.82, 2.24) is 19.7 Å². The second-order valence-electron chi connectivity index (χ2n) is 7.30. The van der Waals surface area contributed by atoms with Crippen LogP contribution in [-0.2, 0) is 12.3 Å². The van der Waals surface area contributed by atoms with E-state index in [4.69, 9.17) is 19.0 Å². The van der Waals surface area contributed by atoms with Crippen LogP contribution in [0.2, 0.25) is 0 Å². The molecule has 3 aromatic heterocycles. The maximum absolute atomic E-state index is 13.2. The molecule has 0 aliphatic rings. The number of benzene rings is 2. The molecular formula is C24H20N4O4S2. The minimum Gasteiger partial charge on any atom is -0.497 e. The van der Waals surface area contributed by atoms with Gasteiger partial charge in [0, 0.05) is 5.56 Å².